The maximum Gasteiger partial charge on any atom is 0.335 e. The highest BCUT2D eigenvalue weighted by molar-refractivity contribution is 9.10. The van der Waals surface area contributed by atoms with Gasteiger partial charge in [0.25, 0.3) is 17.7 Å². The Morgan fingerprint density at radius 3 is 2.41 bits per heavy atom. The number of hydrogen-bond acceptors (Lipinski definition) is 6. The van der Waals surface area contributed by atoms with Crippen LogP contribution in [0.5, 0.6) is 11.5 Å². The first kappa shape index (κ1) is 26.1. The molecule has 0 atom stereocenters. The molecule has 1 aliphatic rings. The van der Waals surface area contributed by atoms with Gasteiger partial charge in [-0.1, -0.05) is 44.0 Å². The van der Waals surface area contributed by atoms with Gasteiger partial charge in [-0.15, -0.1) is 0 Å². The van der Waals surface area contributed by atoms with E-state index in [0.717, 1.165) is 9.37 Å². The zero-order valence-electron chi connectivity index (χ0n) is 19.3. The van der Waals surface area contributed by atoms with E-state index in [1.807, 2.05) is 0 Å². The van der Waals surface area contributed by atoms with Gasteiger partial charge in [-0.3, -0.25) is 19.7 Å². The number of carbonyl (C=O) groups excluding carboxylic acids is 4. The van der Waals surface area contributed by atoms with Crippen LogP contribution < -0.4 is 25.0 Å². The molecule has 11 heteroatoms. The normalized spacial score (nSPS) is 14.4. The second-order valence-electron chi connectivity index (χ2n) is 7.65. The second kappa shape index (κ2) is 11.4. The summed E-state index contributed by atoms with van der Waals surface area (Å²) < 4.78 is 12.4. The van der Waals surface area contributed by atoms with Crippen molar-refractivity contribution in [2.24, 2.45) is 0 Å². The molecule has 0 unspecified atom stereocenters. The first-order valence-corrected chi connectivity index (χ1v) is 12.4. The van der Waals surface area contributed by atoms with Gasteiger partial charge in [-0.25, -0.2) is 9.69 Å². The summed E-state index contributed by atoms with van der Waals surface area (Å²) in [6.07, 6.45) is 1.31. The number of rotatable bonds is 7. The molecule has 5 amide bonds. The van der Waals surface area contributed by atoms with Crippen LogP contribution in [0.1, 0.15) is 5.56 Å². The fraction of sp³-hybridized carbons (Fsp3) is 0.0769. The van der Waals surface area contributed by atoms with Crippen LogP contribution in [0.4, 0.5) is 16.2 Å². The van der Waals surface area contributed by atoms with E-state index >= 15 is 0 Å². The van der Waals surface area contributed by atoms with E-state index in [-0.39, 0.29) is 17.9 Å². The second-order valence-corrected chi connectivity index (χ2v) is 9.48. The largest absolute Gasteiger partial charge is 0.495 e. The van der Waals surface area contributed by atoms with E-state index in [4.69, 9.17) is 9.47 Å². The minimum atomic E-state index is -0.854. The Labute approximate surface area is 228 Å². The van der Waals surface area contributed by atoms with Crippen molar-refractivity contribution in [2.75, 3.05) is 23.9 Å². The Morgan fingerprint density at radius 2 is 1.68 bits per heavy atom. The highest BCUT2D eigenvalue weighted by atomic mass is 79.9. The molecule has 4 rings (SSSR count). The van der Waals surface area contributed by atoms with Gasteiger partial charge in [0.1, 0.15) is 17.1 Å². The summed E-state index contributed by atoms with van der Waals surface area (Å²) in [7, 11) is 1.50. The molecule has 0 saturated carbocycles. The topological polar surface area (TPSA) is 114 Å². The number of urea groups is 1. The van der Waals surface area contributed by atoms with Gasteiger partial charge in [0, 0.05) is 14.5 Å². The number of benzene rings is 3. The molecule has 9 nitrogen and oxygen atoms in total. The maximum atomic E-state index is 13.2. The number of methoxy groups -OCH3 is 1. The Kier molecular flexibility index (Phi) is 8.04. The predicted molar refractivity (Wildman–Crippen MR) is 144 cm³/mol. The molecule has 0 bridgehead atoms. The predicted octanol–water partition coefficient (Wildman–Crippen LogP) is 4.90. The molecule has 2 N–H and O–H groups in total. The number of carbonyl (C=O) groups is 4. The van der Waals surface area contributed by atoms with Crippen LogP contribution in [0.3, 0.4) is 0 Å². The van der Waals surface area contributed by atoms with Crippen molar-refractivity contribution in [2.45, 2.75) is 0 Å². The van der Waals surface area contributed by atoms with E-state index in [2.05, 4.69) is 42.5 Å². The molecule has 188 valence electrons. The fourth-order valence-electron chi connectivity index (χ4n) is 3.48. The number of amides is 5. The molecule has 0 aliphatic carbocycles. The van der Waals surface area contributed by atoms with E-state index < -0.39 is 23.8 Å². The highest BCUT2D eigenvalue weighted by Gasteiger charge is 2.37. The number of barbiturate groups is 1. The lowest BCUT2D eigenvalue weighted by molar-refractivity contribution is -0.122. The summed E-state index contributed by atoms with van der Waals surface area (Å²) in [6.45, 7) is -0.348. The molecule has 1 aliphatic heterocycles. The summed E-state index contributed by atoms with van der Waals surface area (Å²) in [4.78, 5) is 51.6. The number of nitrogens with one attached hydrogen (secondary N) is 2. The number of nitrogens with zero attached hydrogens (tertiary/aromatic N) is 1. The van der Waals surface area contributed by atoms with Crippen molar-refractivity contribution in [3.63, 3.8) is 0 Å². The van der Waals surface area contributed by atoms with Crippen molar-refractivity contribution in [3.05, 3.63) is 86.8 Å². The van der Waals surface area contributed by atoms with Gasteiger partial charge >= 0.3 is 6.03 Å². The molecule has 0 spiro atoms. The minimum absolute atomic E-state index is 0.249. The number of halogens is 2. The zero-order valence-corrected chi connectivity index (χ0v) is 22.5. The van der Waals surface area contributed by atoms with Gasteiger partial charge < -0.3 is 14.8 Å². The Balaban J connectivity index is 1.58. The standard InChI is InChI=1S/C26H19Br2N3O6/c1-36-22-5-3-2-4-20(22)29-23(32)14-37-21-11-8-17(28)12-15(21)13-19-24(33)30-26(35)31(25(19)34)18-9-6-16(27)7-10-18/h2-13H,14H2,1H3,(H,29,32)(H,30,33,35)/b19-13+. The number of ether oxygens (including phenoxy) is 2. The van der Waals surface area contributed by atoms with E-state index in [9.17, 15) is 19.2 Å². The van der Waals surface area contributed by atoms with Crippen LogP contribution in [0, 0.1) is 0 Å². The van der Waals surface area contributed by atoms with E-state index in [0.29, 0.717) is 27.2 Å². The average molecular weight is 629 g/mol. The molecule has 0 aromatic heterocycles. The Morgan fingerprint density at radius 1 is 0.973 bits per heavy atom. The lowest BCUT2D eigenvalue weighted by Crippen LogP contribution is -2.54. The van der Waals surface area contributed by atoms with Crippen LogP contribution in [-0.4, -0.2) is 37.5 Å². The van der Waals surface area contributed by atoms with Gasteiger partial charge in [-0.2, -0.15) is 0 Å². The number of hydrogen-bond donors (Lipinski definition) is 2. The Hall–Kier alpha value is -3.96. The van der Waals surface area contributed by atoms with Crippen LogP contribution >= 0.6 is 31.9 Å². The molecular formula is C26H19Br2N3O6. The summed E-state index contributed by atoms with van der Waals surface area (Å²) >= 11 is 6.67. The summed E-state index contributed by atoms with van der Waals surface area (Å²) in [6, 6.07) is 17.5. The monoisotopic (exact) mass is 627 g/mol. The maximum absolute atomic E-state index is 13.2. The van der Waals surface area contributed by atoms with E-state index in [1.54, 1.807) is 66.7 Å². The van der Waals surface area contributed by atoms with Gasteiger partial charge in [0.2, 0.25) is 0 Å². The van der Waals surface area contributed by atoms with Gasteiger partial charge in [-0.05, 0) is 60.7 Å². The van der Waals surface area contributed by atoms with Gasteiger partial charge in [0.05, 0.1) is 18.5 Å². The third kappa shape index (κ3) is 6.07. The first-order chi connectivity index (χ1) is 17.8. The van der Waals surface area contributed by atoms with Crippen molar-refractivity contribution < 1.29 is 28.7 Å². The summed E-state index contributed by atoms with van der Waals surface area (Å²) in [5.41, 5.74) is 0.855. The fourth-order valence-corrected chi connectivity index (χ4v) is 4.12. The average Bonchev–Trinajstić information content (AvgIpc) is 2.87. The number of anilines is 2. The van der Waals surface area contributed by atoms with Crippen LogP contribution in [0.25, 0.3) is 6.08 Å². The van der Waals surface area contributed by atoms with Crippen molar-refractivity contribution in [3.8, 4) is 11.5 Å². The van der Waals surface area contributed by atoms with Crippen molar-refractivity contribution >= 4 is 73.1 Å². The smallest absolute Gasteiger partial charge is 0.335 e. The molecule has 1 fully saturated rings. The molecule has 0 radical (unpaired) electrons. The van der Waals surface area contributed by atoms with Crippen LogP contribution in [0.2, 0.25) is 0 Å². The molecule has 3 aromatic rings. The van der Waals surface area contributed by atoms with Gasteiger partial charge in [0.15, 0.2) is 6.61 Å². The summed E-state index contributed by atoms with van der Waals surface area (Å²) in [5, 5.41) is 4.90. The molecule has 37 heavy (non-hydrogen) atoms. The third-order valence-corrected chi connectivity index (χ3v) is 6.22. The van der Waals surface area contributed by atoms with Crippen LogP contribution in [-0.2, 0) is 14.4 Å². The third-order valence-electron chi connectivity index (χ3n) is 5.20. The SMILES string of the molecule is COc1ccccc1NC(=O)COc1ccc(Br)cc1/C=C1\C(=O)NC(=O)N(c2ccc(Br)cc2)C1=O. The zero-order chi connectivity index (χ0) is 26.5. The number of imide groups is 2. The number of para-hydroxylation sites is 2. The van der Waals surface area contributed by atoms with E-state index in [1.165, 1.54) is 13.2 Å². The molecular weight excluding hydrogens is 610 g/mol. The quantitative estimate of drug-likeness (QED) is 0.284. The van der Waals surface area contributed by atoms with Crippen molar-refractivity contribution in [1.82, 2.24) is 5.32 Å². The Bertz CT molecular complexity index is 1420. The molecule has 3 aromatic carbocycles. The highest BCUT2D eigenvalue weighted by Crippen LogP contribution is 2.29. The summed E-state index contributed by atoms with van der Waals surface area (Å²) in [5.74, 6) is -1.33. The lowest BCUT2D eigenvalue weighted by atomic mass is 10.1. The van der Waals surface area contributed by atoms with Crippen LogP contribution in [0.15, 0.2) is 81.2 Å². The lowest BCUT2D eigenvalue weighted by Gasteiger charge is -2.26. The molecule has 1 heterocycles. The molecule has 1 saturated heterocycles. The first-order valence-electron chi connectivity index (χ1n) is 10.8. The van der Waals surface area contributed by atoms with Crippen molar-refractivity contribution in [1.29, 1.82) is 0 Å². The minimum Gasteiger partial charge on any atom is -0.495 e.